The number of rotatable bonds is 3. The molecular formula is C31H25F6NO2. The number of amides is 1. The number of halogens is 6. The first-order valence-corrected chi connectivity index (χ1v) is 13.1. The van der Waals surface area contributed by atoms with E-state index in [1.807, 2.05) is 48.5 Å². The Labute approximate surface area is 227 Å². The van der Waals surface area contributed by atoms with E-state index in [0.717, 1.165) is 40.8 Å². The van der Waals surface area contributed by atoms with Gasteiger partial charge in [0.05, 0.1) is 17.2 Å². The van der Waals surface area contributed by atoms with Crippen LogP contribution in [-0.4, -0.2) is 29.7 Å². The molecule has 2 aliphatic heterocycles. The molecule has 3 aromatic rings. The minimum absolute atomic E-state index is 0.119. The van der Waals surface area contributed by atoms with Gasteiger partial charge in [-0.1, -0.05) is 54.6 Å². The molecule has 2 atom stereocenters. The van der Waals surface area contributed by atoms with Gasteiger partial charge in [-0.05, 0) is 77.3 Å². The van der Waals surface area contributed by atoms with Crippen LogP contribution in [0, 0.1) is 0 Å². The van der Waals surface area contributed by atoms with Crippen molar-refractivity contribution in [3.8, 4) is 11.1 Å². The maximum absolute atomic E-state index is 13.4. The lowest BCUT2D eigenvalue weighted by Gasteiger charge is -2.44. The quantitative estimate of drug-likeness (QED) is 0.302. The monoisotopic (exact) mass is 557 g/mol. The normalized spacial score (nSPS) is 20.6. The number of alkyl halides is 6. The molecule has 9 heteroatoms. The van der Waals surface area contributed by atoms with Gasteiger partial charge in [-0.2, -0.15) is 26.3 Å². The first-order valence-electron chi connectivity index (χ1n) is 13.1. The predicted octanol–water partition coefficient (Wildman–Crippen LogP) is 8.68. The first-order chi connectivity index (χ1) is 19.0. The molecule has 3 aliphatic rings. The van der Waals surface area contributed by atoms with Gasteiger partial charge in [0.2, 0.25) is 0 Å². The Morgan fingerprint density at radius 2 is 1.40 bits per heavy atom. The van der Waals surface area contributed by atoms with Gasteiger partial charge in [0, 0.05) is 12.0 Å². The minimum Gasteiger partial charge on any atom is -0.448 e. The number of fused-ring (bicyclic) bond motifs is 5. The Bertz CT molecular complexity index is 1410. The van der Waals surface area contributed by atoms with Gasteiger partial charge in [-0.3, -0.25) is 4.90 Å². The van der Waals surface area contributed by atoms with Crippen molar-refractivity contribution in [1.82, 2.24) is 4.90 Å². The number of hydrogen-bond donors (Lipinski definition) is 0. The third kappa shape index (κ3) is 4.75. The molecule has 0 saturated carbocycles. The highest BCUT2D eigenvalue weighted by Crippen LogP contribution is 2.45. The fourth-order valence-corrected chi connectivity index (χ4v) is 6.34. The van der Waals surface area contributed by atoms with E-state index in [1.165, 1.54) is 0 Å². The molecule has 0 aromatic heterocycles. The molecule has 1 saturated heterocycles. The summed E-state index contributed by atoms with van der Waals surface area (Å²) in [4.78, 5) is 15.0. The topological polar surface area (TPSA) is 29.5 Å². The fourth-order valence-electron chi connectivity index (χ4n) is 6.34. The number of hydrogen-bond acceptors (Lipinski definition) is 2. The Kier molecular flexibility index (Phi) is 6.43. The lowest BCUT2D eigenvalue weighted by atomic mass is 9.82. The number of piperidine rings is 1. The smallest absolute Gasteiger partial charge is 0.416 e. The van der Waals surface area contributed by atoms with E-state index in [1.54, 1.807) is 11.0 Å². The van der Waals surface area contributed by atoms with E-state index < -0.39 is 35.6 Å². The lowest BCUT2D eigenvalue weighted by Crippen LogP contribution is -2.51. The van der Waals surface area contributed by atoms with Gasteiger partial charge in [0.15, 0.2) is 0 Å². The van der Waals surface area contributed by atoms with Crippen molar-refractivity contribution in [1.29, 1.82) is 0 Å². The molecule has 1 amide bonds. The zero-order chi connectivity index (χ0) is 28.2. The molecule has 2 heterocycles. The van der Waals surface area contributed by atoms with Crippen LogP contribution < -0.4 is 0 Å². The SMILES string of the molecule is O=C(OCC1c2ccccc2-c2ccccc21)N1C2C=C(c3cc(C(F)(F)F)cc(C(F)(F)F)c3)CC1CCC2. The summed E-state index contributed by atoms with van der Waals surface area (Å²) >= 11 is 0. The van der Waals surface area contributed by atoms with Crippen molar-refractivity contribution in [3.05, 3.63) is 101 Å². The van der Waals surface area contributed by atoms with E-state index in [4.69, 9.17) is 4.74 Å². The van der Waals surface area contributed by atoms with Gasteiger partial charge < -0.3 is 4.74 Å². The Balaban J connectivity index is 1.25. The predicted molar refractivity (Wildman–Crippen MR) is 137 cm³/mol. The maximum atomic E-state index is 13.4. The molecule has 6 rings (SSSR count). The molecule has 3 nitrogen and oxygen atoms in total. The van der Waals surface area contributed by atoms with Crippen molar-refractivity contribution in [2.24, 2.45) is 0 Å². The Hall–Kier alpha value is -3.75. The summed E-state index contributed by atoms with van der Waals surface area (Å²) in [5, 5.41) is 0. The molecule has 0 radical (unpaired) electrons. The summed E-state index contributed by atoms with van der Waals surface area (Å²) in [7, 11) is 0. The molecule has 40 heavy (non-hydrogen) atoms. The highest BCUT2D eigenvalue weighted by Gasteiger charge is 2.41. The van der Waals surface area contributed by atoms with Crippen molar-refractivity contribution in [2.45, 2.75) is 56.0 Å². The molecule has 2 unspecified atom stereocenters. The average Bonchev–Trinajstić information content (AvgIpc) is 3.23. The van der Waals surface area contributed by atoms with E-state index in [2.05, 4.69) is 0 Å². The van der Waals surface area contributed by atoms with Gasteiger partial charge in [0.25, 0.3) is 0 Å². The molecule has 2 bridgehead atoms. The largest absolute Gasteiger partial charge is 0.448 e. The second-order valence-electron chi connectivity index (χ2n) is 10.6. The van der Waals surface area contributed by atoms with Crippen LogP contribution in [0.1, 0.15) is 59.4 Å². The van der Waals surface area contributed by atoms with Crippen LogP contribution in [0.2, 0.25) is 0 Å². The van der Waals surface area contributed by atoms with Crippen LogP contribution in [-0.2, 0) is 17.1 Å². The first kappa shape index (κ1) is 26.5. The van der Waals surface area contributed by atoms with Crippen LogP contribution in [0.4, 0.5) is 31.1 Å². The zero-order valence-electron chi connectivity index (χ0n) is 21.2. The minimum atomic E-state index is -4.92. The van der Waals surface area contributed by atoms with Crippen LogP contribution in [0.25, 0.3) is 16.7 Å². The summed E-state index contributed by atoms with van der Waals surface area (Å²) in [5.41, 5.74) is 1.91. The second kappa shape index (κ2) is 9.71. The molecule has 3 aromatic carbocycles. The van der Waals surface area contributed by atoms with Gasteiger partial charge >= 0.3 is 18.4 Å². The van der Waals surface area contributed by atoms with E-state index in [-0.39, 0.29) is 36.6 Å². The summed E-state index contributed by atoms with van der Waals surface area (Å²) < 4.78 is 86.5. The highest BCUT2D eigenvalue weighted by atomic mass is 19.4. The van der Waals surface area contributed by atoms with E-state index in [9.17, 15) is 31.1 Å². The van der Waals surface area contributed by atoms with Gasteiger partial charge in [-0.25, -0.2) is 4.79 Å². The third-order valence-corrected chi connectivity index (χ3v) is 8.14. The highest BCUT2D eigenvalue weighted by molar-refractivity contribution is 5.79. The Morgan fingerprint density at radius 3 is 1.95 bits per heavy atom. The second-order valence-corrected chi connectivity index (χ2v) is 10.6. The summed E-state index contributed by atoms with van der Waals surface area (Å²) in [6.07, 6.45) is -6.65. The van der Waals surface area contributed by atoms with Crippen molar-refractivity contribution < 1.29 is 35.9 Å². The van der Waals surface area contributed by atoms with Crippen molar-refractivity contribution in [2.75, 3.05) is 6.61 Å². The van der Waals surface area contributed by atoms with Gasteiger partial charge in [0.1, 0.15) is 6.61 Å². The fraction of sp³-hybridized carbons (Fsp3) is 0.323. The number of ether oxygens (including phenoxy) is 1. The van der Waals surface area contributed by atoms with E-state index >= 15 is 0 Å². The van der Waals surface area contributed by atoms with Crippen LogP contribution in [0.15, 0.2) is 72.8 Å². The Morgan fingerprint density at radius 1 is 0.825 bits per heavy atom. The van der Waals surface area contributed by atoms with Crippen LogP contribution >= 0.6 is 0 Å². The molecule has 1 aliphatic carbocycles. The summed E-state index contributed by atoms with van der Waals surface area (Å²) in [5.74, 6) is -0.127. The van der Waals surface area contributed by atoms with Crippen LogP contribution in [0.3, 0.4) is 0 Å². The molecule has 208 valence electrons. The summed E-state index contributed by atoms with van der Waals surface area (Å²) in [6.45, 7) is 0.127. The number of benzene rings is 3. The number of nitrogens with zero attached hydrogens (tertiary/aromatic N) is 1. The average molecular weight is 558 g/mol. The molecule has 0 spiro atoms. The molecular weight excluding hydrogens is 532 g/mol. The van der Waals surface area contributed by atoms with Crippen molar-refractivity contribution >= 4 is 11.7 Å². The summed E-state index contributed by atoms with van der Waals surface area (Å²) in [6, 6.07) is 16.7. The zero-order valence-corrected chi connectivity index (χ0v) is 21.2. The lowest BCUT2D eigenvalue weighted by molar-refractivity contribution is -0.143. The standard InChI is InChI=1S/C31H25F6NO2/c32-30(33,34)20-12-18(13-21(16-20)31(35,36)37)19-14-22-6-5-7-23(15-19)38(22)29(39)40-17-28-26-10-3-1-8-24(26)25-9-2-4-11-27(25)28/h1-4,8-14,16,22-23,28H,5-7,15,17H2. The van der Waals surface area contributed by atoms with Crippen molar-refractivity contribution in [3.63, 3.8) is 0 Å². The van der Waals surface area contributed by atoms with E-state index in [0.29, 0.717) is 18.4 Å². The molecule has 0 N–H and O–H groups in total. The van der Waals surface area contributed by atoms with Crippen LogP contribution in [0.5, 0.6) is 0 Å². The third-order valence-electron chi connectivity index (χ3n) is 8.14. The maximum Gasteiger partial charge on any atom is 0.416 e. The number of carbonyl (C=O) groups is 1. The van der Waals surface area contributed by atoms with Gasteiger partial charge in [-0.15, -0.1) is 0 Å². The molecule has 1 fully saturated rings. The number of carbonyl (C=O) groups excluding carboxylic acids is 1.